The number of carboxylic acids is 1. The third-order valence-corrected chi connectivity index (χ3v) is 4.84. The fraction of sp³-hybridized carbons (Fsp3) is 0.929. The van der Waals surface area contributed by atoms with Gasteiger partial charge in [0.1, 0.15) is 5.54 Å². The van der Waals surface area contributed by atoms with Crippen LogP contribution in [0, 0.1) is 11.8 Å². The van der Waals surface area contributed by atoms with Crippen LogP contribution in [0.25, 0.3) is 0 Å². The van der Waals surface area contributed by atoms with Crippen molar-refractivity contribution in [3.8, 4) is 0 Å². The van der Waals surface area contributed by atoms with Crippen LogP contribution < -0.4 is 5.32 Å². The molecule has 2 rings (SSSR count). The van der Waals surface area contributed by atoms with E-state index in [0.717, 1.165) is 45.4 Å². The molecule has 4 nitrogen and oxygen atoms in total. The second kappa shape index (κ2) is 5.57. The summed E-state index contributed by atoms with van der Waals surface area (Å²) < 4.78 is 0. The van der Waals surface area contributed by atoms with Crippen molar-refractivity contribution in [1.82, 2.24) is 10.2 Å². The predicted molar refractivity (Wildman–Crippen MR) is 71.6 cm³/mol. The second-order valence-corrected chi connectivity index (χ2v) is 6.11. The highest BCUT2D eigenvalue weighted by Gasteiger charge is 2.51. The molecule has 2 fully saturated rings. The first-order valence-electron chi connectivity index (χ1n) is 7.26. The van der Waals surface area contributed by atoms with E-state index < -0.39 is 11.5 Å². The molecule has 1 saturated carbocycles. The lowest BCUT2D eigenvalue weighted by Crippen LogP contribution is -2.61. The summed E-state index contributed by atoms with van der Waals surface area (Å²) in [4.78, 5) is 14.2. The lowest BCUT2D eigenvalue weighted by atomic mass is 9.68. The summed E-state index contributed by atoms with van der Waals surface area (Å²) in [5, 5.41) is 13.2. The molecule has 1 aliphatic carbocycles. The van der Waals surface area contributed by atoms with Gasteiger partial charge in [-0.1, -0.05) is 20.3 Å². The van der Waals surface area contributed by atoms with E-state index >= 15 is 0 Å². The summed E-state index contributed by atoms with van der Waals surface area (Å²) in [6.07, 6.45) is 4.07. The molecule has 1 saturated heterocycles. The van der Waals surface area contributed by atoms with Crippen LogP contribution in [0.4, 0.5) is 0 Å². The summed E-state index contributed by atoms with van der Waals surface area (Å²) in [6, 6.07) is 0. The van der Waals surface area contributed by atoms with Gasteiger partial charge in [0.05, 0.1) is 0 Å². The Bertz CT molecular complexity index is 300. The largest absolute Gasteiger partial charge is 0.480 e. The average molecular weight is 254 g/mol. The van der Waals surface area contributed by atoms with Gasteiger partial charge >= 0.3 is 5.97 Å². The van der Waals surface area contributed by atoms with Crippen molar-refractivity contribution in [2.45, 2.75) is 45.1 Å². The second-order valence-electron chi connectivity index (χ2n) is 6.11. The Balaban J connectivity index is 2.26. The smallest absolute Gasteiger partial charge is 0.324 e. The first-order valence-corrected chi connectivity index (χ1v) is 7.26. The Morgan fingerprint density at radius 2 is 2.06 bits per heavy atom. The van der Waals surface area contributed by atoms with Crippen molar-refractivity contribution >= 4 is 5.97 Å². The van der Waals surface area contributed by atoms with E-state index in [1.807, 2.05) is 0 Å². The summed E-state index contributed by atoms with van der Waals surface area (Å²) in [6.45, 7) is 8.02. The first-order chi connectivity index (χ1) is 8.57. The van der Waals surface area contributed by atoms with E-state index in [0.29, 0.717) is 5.92 Å². The summed E-state index contributed by atoms with van der Waals surface area (Å²) in [5.74, 6) is 0.168. The molecule has 0 spiro atoms. The molecule has 4 heteroatoms. The van der Waals surface area contributed by atoms with E-state index in [1.165, 1.54) is 6.42 Å². The van der Waals surface area contributed by atoms with Gasteiger partial charge in [0.25, 0.3) is 0 Å². The molecule has 1 aliphatic heterocycles. The predicted octanol–water partition coefficient (Wildman–Crippen LogP) is 1.56. The molecule has 1 heterocycles. The third-order valence-electron chi connectivity index (χ3n) is 4.84. The fourth-order valence-corrected chi connectivity index (χ4v) is 3.73. The normalized spacial score (nSPS) is 39.2. The number of nitrogens with zero attached hydrogens (tertiary/aromatic N) is 1. The highest BCUT2D eigenvalue weighted by Crippen LogP contribution is 2.41. The average Bonchev–Trinajstić information content (AvgIpc) is 2.61. The maximum absolute atomic E-state index is 12.0. The van der Waals surface area contributed by atoms with Crippen LogP contribution in [-0.2, 0) is 4.79 Å². The van der Waals surface area contributed by atoms with Gasteiger partial charge in [0.2, 0.25) is 0 Å². The molecule has 2 N–H and O–H groups in total. The third kappa shape index (κ3) is 2.41. The minimum Gasteiger partial charge on any atom is -0.480 e. The van der Waals surface area contributed by atoms with Crippen molar-refractivity contribution in [3.63, 3.8) is 0 Å². The Morgan fingerprint density at radius 1 is 1.28 bits per heavy atom. The minimum absolute atomic E-state index is 0.254. The molecule has 2 aliphatic rings. The number of carbonyl (C=O) groups is 1. The molecule has 3 unspecified atom stereocenters. The SMILES string of the molecule is CC1CCC(C)C(C(=O)O)(N2CCCNCC2)C1. The van der Waals surface area contributed by atoms with Gasteiger partial charge in [-0.25, -0.2) is 0 Å². The fourth-order valence-electron chi connectivity index (χ4n) is 3.73. The molecule has 18 heavy (non-hydrogen) atoms. The summed E-state index contributed by atoms with van der Waals surface area (Å²) >= 11 is 0. The van der Waals surface area contributed by atoms with Gasteiger partial charge < -0.3 is 10.4 Å². The molecule has 0 amide bonds. The van der Waals surface area contributed by atoms with Crippen LogP contribution >= 0.6 is 0 Å². The number of hydrogen-bond donors (Lipinski definition) is 2. The Labute approximate surface area is 110 Å². The maximum Gasteiger partial charge on any atom is 0.324 e. The van der Waals surface area contributed by atoms with Crippen molar-refractivity contribution in [2.24, 2.45) is 11.8 Å². The van der Waals surface area contributed by atoms with Crippen molar-refractivity contribution in [1.29, 1.82) is 0 Å². The van der Waals surface area contributed by atoms with Gasteiger partial charge in [-0.3, -0.25) is 9.69 Å². The number of aliphatic carboxylic acids is 1. The molecule has 0 bridgehead atoms. The molecule has 0 aromatic rings. The van der Waals surface area contributed by atoms with Gasteiger partial charge in [0, 0.05) is 19.6 Å². The number of hydrogen-bond acceptors (Lipinski definition) is 3. The van der Waals surface area contributed by atoms with Crippen LogP contribution in [0.1, 0.15) is 39.5 Å². The van der Waals surface area contributed by atoms with Crippen molar-refractivity contribution in [2.75, 3.05) is 26.2 Å². The van der Waals surface area contributed by atoms with E-state index in [9.17, 15) is 9.90 Å². The zero-order chi connectivity index (χ0) is 13.2. The van der Waals surface area contributed by atoms with E-state index in [2.05, 4.69) is 24.1 Å². The topological polar surface area (TPSA) is 52.6 Å². The Hall–Kier alpha value is -0.610. The molecule has 0 aromatic heterocycles. The molecular weight excluding hydrogens is 228 g/mol. The molecule has 104 valence electrons. The van der Waals surface area contributed by atoms with Crippen molar-refractivity contribution in [3.05, 3.63) is 0 Å². The highest BCUT2D eigenvalue weighted by atomic mass is 16.4. The lowest BCUT2D eigenvalue weighted by Gasteiger charge is -2.48. The first kappa shape index (κ1) is 13.8. The summed E-state index contributed by atoms with van der Waals surface area (Å²) in [7, 11) is 0. The Kier molecular flexibility index (Phi) is 4.28. The van der Waals surface area contributed by atoms with E-state index in [1.54, 1.807) is 0 Å². The van der Waals surface area contributed by atoms with E-state index in [-0.39, 0.29) is 5.92 Å². The van der Waals surface area contributed by atoms with Crippen LogP contribution in [0.15, 0.2) is 0 Å². The quantitative estimate of drug-likeness (QED) is 0.785. The van der Waals surface area contributed by atoms with Gasteiger partial charge in [-0.2, -0.15) is 0 Å². The van der Waals surface area contributed by atoms with Crippen LogP contribution in [0.5, 0.6) is 0 Å². The zero-order valence-corrected chi connectivity index (χ0v) is 11.6. The number of rotatable bonds is 2. The molecular formula is C14H26N2O2. The lowest BCUT2D eigenvalue weighted by molar-refractivity contribution is -0.160. The molecule has 0 radical (unpaired) electrons. The zero-order valence-electron chi connectivity index (χ0n) is 11.6. The Morgan fingerprint density at radius 3 is 2.78 bits per heavy atom. The minimum atomic E-state index is -0.621. The highest BCUT2D eigenvalue weighted by molar-refractivity contribution is 5.79. The van der Waals surface area contributed by atoms with Crippen LogP contribution in [0.3, 0.4) is 0 Å². The monoisotopic (exact) mass is 254 g/mol. The van der Waals surface area contributed by atoms with Gasteiger partial charge in [-0.05, 0) is 37.6 Å². The van der Waals surface area contributed by atoms with Crippen molar-refractivity contribution < 1.29 is 9.90 Å². The molecule has 3 atom stereocenters. The van der Waals surface area contributed by atoms with Gasteiger partial charge in [0.15, 0.2) is 0 Å². The van der Waals surface area contributed by atoms with Gasteiger partial charge in [-0.15, -0.1) is 0 Å². The molecule has 0 aromatic carbocycles. The van der Waals surface area contributed by atoms with E-state index in [4.69, 9.17) is 0 Å². The maximum atomic E-state index is 12.0. The van der Waals surface area contributed by atoms with Crippen LogP contribution in [0.2, 0.25) is 0 Å². The number of nitrogens with one attached hydrogen (secondary N) is 1. The van der Waals surface area contributed by atoms with Crippen LogP contribution in [-0.4, -0.2) is 47.7 Å². The standard InChI is InChI=1S/C14H26N2O2/c1-11-4-5-12(2)14(10-11,13(17)18)16-8-3-6-15-7-9-16/h11-12,15H,3-10H2,1-2H3,(H,17,18). The number of carboxylic acid groups (broad SMARTS) is 1. The summed E-state index contributed by atoms with van der Waals surface area (Å²) in [5.41, 5.74) is -0.621.